The molecule has 0 spiro atoms. The summed E-state index contributed by atoms with van der Waals surface area (Å²) in [5, 5.41) is 0. The number of pyridine rings is 2. The van der Waals surface area contributed by atoms with Crippen LogP contribution >= 0.6 is 0 Å². The molecule has 4 aromatic carbocycles. The molecule has 0 saturated carbocycles. The molecule has 0 N–H and O–H groups in total. The zero-order valence-electron chi connectivity index (χ0n) is 26.1. The van der Waals surface area contributed by atoms with E-state index < -0.39 is 0 Å². The van der Waals surface area contributed by atoms with Gasteiger partial charge in [-0.3, -0.25) is 0 Å². The van der Waals surface area contributed by atoms with Crippen molar-refractivity contribution in [2.75, 3.05) is 0 Å². The Bertz CT molecular complexity index is 1840. The molecule has 0 amide bonds. The Kier molecular flexibility index (Phi) is 10.0. The second-order valence-electron chi connectivity index (χ2n) is 11.9. The third-order valence-electron chi connectivity index (χ3n) is 8.24. The van der Waals surface area contributed by atoms with Gasteiger partial charge in [0.25, 0.3) is 0 Å². The topological polar surface area (TPSA) is 25.8 Å². The first-order chi connectivity index (χ1) is 21.4. The van der Waals surface area contributed by atoms with Crippen LogP contribution in [0.15, 0.2) is 134 Å². The van der Waals surface area contributed by atoms with Crippen molar-refractivity contribution in [3.63, 3.8) is 0 Å². The van der Waals surface area contributed by atoms with Crippen LogP contribution in [0, 0.1) is 12.1 Å². The molecule has 2 heterocycles. The quantitative estimate of drug-likeness (QED) is 0.164. The molecule has 1 radical (unpaired) electrons. The SMILES string of the molecule is CC(C)c1ccnc(-c2[c-]c3c(c(-c4ccccc4)c2)C=C(c2ccccc2)C3(C)C)c1.[Ir].[c-]1ccccc1-c1ccccn1. The van der Waals surface area contributed by atoms with Crippen LogP contribution in [0.1, 0.15) is 55.9 Å². The number of hydrogen-bond donors (Lipinski definition) is 0. The summed E-state index contributed by atoms with van der Waals surface area (Å²) in [6.07, 6.45) is 6.08. The standard InChI is InChI=1S/C31H28N.C11H8N.Ir/c1-21(2)24-15-16-32-30(19-24)25-17-26(22-11-7-5-8-12-22)27-20-28(23-13-9-6-10-14-23)31(3,4)29(27)18-25;1-2-6-10(7-3-1)11-8-4-5-9-12-11;/h5-17,19-21H,1-4H3;1-6,8-9H;/q2*-1;. The van der Waals surface area contributed by atoms with Gasteiger partial charge in [0, 0.05) is 32.5 Å². The van der Waals surface area contributed by atoms with E-state index in [1.807, 2.05) is 48.7 Å². The van der Waals surface area contributed by atoms with E-state index in [9.17, 15) is 0 Å². The summed E-state index contributed by atoms with van der Waals surface area (Å²) in [6.45, 7) is 9.07. The van der Waals surface area contributed by atoms with Crippen molar-refractivity contribution in [1.29, 1.82) is 0 Å². The number of hydrogen-bond acceptors (Lipinski definition) is 2. The zero-order valence-corrected chi connectivity index (χ0v) is 28.5. The minimum atomic E-state index is -0.147. The molecular weight excluding hydrogens is 725 g/mol. The minimum absolute atomic E-state index is 0. The largest absolute Gasteiger partial charge is 0.305 e. The van der Waals surface area contributed by atoms with E-state index in [0.717, 1.165) is 22.5 Å². The summed E-state index contributed by atoms with van der Waals surface area (Å²) < 4.78 is 0. The summed E-state index contributed by atoms with van der Waals surface area (Å²) >= 11 is 0. The van der Waals surface area contributed by atoms with E-state index in [0.29, 0.717) is 5.92 Å². The number of rotatable bonds is 5. The van der Waals surface area contributed by atoms with Gasteiger partial charge in [0.2, 0.25) is 0 Å². The van der Waals surface area contributed by atoms with E-state index in [1.54, 1.807) is 6.20 Å². The molecule has 1 aliphatic rings. The van der Waals surface area contributed by atoms with Gasteiger partial charge in [-0.1, -0.05) is 129 Å². The summed E-state index contributed by atoms with van der Waals surface area (Å²) in [4.78, 5) is 8.95. The van der Waals surface area contributed by atoms with Crippen molar-refractivity contribution in [3.05, 3.63) is 168 Å². The normalized spacial score (nSPS) is 12.8. The Morgan fingerprint density at radius 2 is 1.31 bits per heavy atom. The number of fused-ring (bicyclic) bond motifs is 1. The molecular formula is C42H36IrN2-2. The van der Waals surface area contributed by atoms with Crippen molar-refractivity contribution in [3.8, 4) is 33.6 Å². The minimum Gasteiger partial charge on any atom is -0.305 e. The Morgan fingerprint density at radius 1 is 0.644 bits per heavy atom. The molecule has 0 saturated heterocycles. The molecule has 225 valence electrons. The third kappa shape index (κ3) is 6.96. The fourth-order valence-corrected chi connectivity index (χ4v) is 5.78. The maximum Gasteiger partial charge on any atom is 0.0163 e. The fraction of sp³-hybridized carbons (Fsp3) is 0.143. The second kappa shape index (κ2) is 14.1. The van der Waals surface area contributed by atoms with Gasteiger partial charge >= 0.3 is 0 Å². The zero-order chi connectivity index (χ0) is 30.5. The van der Waals surface area contributed by atoms with Gasteiger partial charge in [-0.2, -0.15) is 0 Å². The van der Waals surface area contributed by atoms with Crippen LogP contribution in [-0.2, 0) is 25.5 Å². The first-order valence-corrected chi connectivity index (χ1v) is 15.2. The van der Waals surface area contributed by atoms with E-state index >= 15 is 0 Å². The molecule has 3 heteroatoms. The van der Waals surface area contributed by atoms with Crippen LogP contribution < -0.4 is 0 Å². The molecule has 1 aliphatic carbocycles. The van der Waals surface area contributed by atoms with Crippen LogP contribution in [0.5, 0.6) is 0 Å². The van der Waals surface area contributed by atoms with Crippen molar-refractivity contribution in [2.24, 2.45) is 0 Å². The maximum absolute atomic E-state index is 4.73. The Balaban J connectivity index is 0.000000258. The third-order valence-corrected chi connectivity index (χ3v) is 8.24. The van der Waals surface area contributed by atoms with Gasteiger partial charge < -0.3 is 9.97 Å². The molecule has 6 aromatic rings. The first-order valence-electron chi connectivity index (χ1n) is 15.2. The van der Waals surface area contributed by atoms with Crippen molar-refractivity contribution < 1.29 is 20.1 Å². The van der Waals surface area contributed by atoms with Crippen LogP contribution in [0.25, 0.3) is 45.3 Å². The summed E-state index contributed by atoms with van der Waals surface area (Å²) in [5.41, 5.74) is 12.8. The van der Waals surface area contributed by atoms with E-state index in [2.05, 4.69) is 130 Å². The first kappa shape index (κ1) is 32.0. The summed E-state index contributed by atoms with van der Waals surface area (Å²) in [5.74, 6) is 0.461. The Labute approximate surface area is 281 Å². The average molecular weight is 761 g/mol. The number of allylic oxidation sites excluding steroid dienone is 1. The van der Waals surface area contributed by atoms with Crippen LogP contribution in [0.4, 0.5) is 0 Å². The molecule has 2 nitrogen and oxygen atoms in total. The summed E-state index contributed by atoms with van der Waals surface area (Å²) in [7, 11) is 0. The van der Waals surface area contributed by atoms with Crippen LogP contribution in [-0.4, -0.2) is 9.97 Å². The Hall–Kier alpha value is -4.43. The molecule has 45 heavy (non-hydrogen) atoms. The molecule has 2 aromatic heterocycles. The molecule has 0 aliphatic heterocycles. The van der Waals surface area contributed by atoms with Gasteiger partial charge in [-0.15, -0.1) is 59.2 Å². The van der Waals surface area contributed by atoms with Gasteiger partial charge in [-0.25, -0.2) is 0 Å². The molecule has 0 atom stereocenters. The average Bonchev–Trinajstić information content (AvgIpc) is 3.36. The van der Waals surface area contributed by atoms with Gasteiger partial charge in [0.05, 0.1) is 0 Å². The van der Waals surface area contributed by atoms with Gasteiger partial charge in [-0.05, 0) is 51.6 Å². The van der Waals surface area contributed by atoms with Crippen molar-refractivity contribution >= 4 is 11.6 Å². The molecule has 0 unspecified atom stereocenters. The number of aromatic nitrogens is 2. The number of nitrogens with zero attached hydrogens (tertiary/aromatic N) is 2. The van der Waals surface area contributed by atoms with Crippen LogP contribution in [0.2, 0.25) is 0 Å². The predicted molar refractivity (Wildman–Crippen MR) is 184 cm³/mol. The van der Waals surface area contributed by atoms with E-state index in [1.165, 1.54) is 39.0 Å². The van der Waals surface area contributed by atoms with Gasteiger partial charge in [0.1, 0.15) is 0 Å². The monoisotopic (exact) mass is 761 g/mol. The smallest absolute Gasteiger partial charge is 0.0163 e. The van der Waals surface area contributed by atoms with Gasteiger partial charge in [0.15, 0.2) is 0 Å². The summed E-state index contributed by atoms with van der Waals surface area (Å²) in [6, 6.07) is 48.6. The molecule has 0 bridgehead atoms. The molecule has 7 rings (SSSR count). The van der Waals surface area contributed by atoms with Crippen molar-refractivity contribution in [1.82, 2.24) is 9.97 Å². The van der Waals surface area contributed by atoms with Crippen molar-refractivity contribution in [2.45, 2.75) is 39.0 Å². The predicted octanol–water partition coefficient (Wildman–Crippen LogP) is 10.7. The fourth-order valence-electron chi connectivity index (χ4n) is 5.78. The Morgan fingerprint density at radius 3 is 1.96 bits per heavy atom. The maximum atomic E-state index is 4.73. The van der Waals surface area contributed by atoms with E-state index in [4.69, 9.17) is 4.98 Å². The van der Waals surface area contributed by atoms with Crippen LogP contribution in [0.3, 0.4) is 0 Å². The number of benzene rings is 4. The van der Waals surface area contributed by atoms with E-state index in [-0.39, 0.29) is 25.5 Å². The second-order valence-corrected chi connectivity index (χ2v) is 11.9. The molecule has 0 fully saturated rings.